The van der Waals surface area contributed by atoms with Crippen LogP contribution in [0.3, 0.4) is 0 Å². The predicted molar refractivity (Wildman–Crippen MR) is 129 cm³/mol. The lowest BCUT2D eigenvalue weighted by molar-refractivity contribution is -0.135. The Balaban J connectivity index is 1.58. The minimum atomic E-state index is -0.129. The topological polar surface area (TPSA) is 64.4 Å². The summed E-state index contributed by atoms with van der Waals surface area (Å²) < 4.78 is 7.15. The summed E-state index contributed by atoms with van der Waals surface area (Å²) in [6.45, 7) is 4.04. The van der Waals surface area contributed by atoms with E-state index < -0.39 is 0 Å². The number of hydrogen-bond acceptors (Lipinski definition) is 5. The number of ether oxygens (including phenoxy) is 1. The lowest BCUT2D eigenvalue weighted by Crippen LogP contribution is -2.45. The van der Waals surface area contributed by atoms with Crippen LogP contribution in [-0.4, -0.2) is 51.9 Å². The van der Waals surface area contributed by atoms with Crippen LogP contribution in [0.15, 0.2) is 52.4 Å². The molecule has 3 aromatic rings. The summed E-state index contributed by atoms with van der Waals surface area (Å²) in [5.41, 5.74) is 1.38. The van der Waals surface area contributed by atoms with Gasteiger partial charge in [-0.1, -0.05) is 53.2 Å². The van der Waals surface area contributed by atoms with E-state index in [0.717, 1.165) is 5.56 Å². The molecule has 0 aliphatic carbocycles. The number of rotatable bonds is 6. The SMILES string of the molecule is CC1CN(C(=O)CSc2nc3ccccc3c(=O)n2CCc2ccc(Cl)cc2Cl)CCO1. The highest BCUT2D eigenvalue weighted by Crippen LogP contribution is 2.23. The van der Waals surface area contributed by atoms with E-state index >= 15 is 0 Å². The molecule has 0 radical (unpaired) electrons. The van der Waals surface area contributed by atoms with E-state index in [2.05, 4.69) is 0 Å². The van der Waals surface area contributed by atoms with Crippen LogP contribution in [0.2, 0.25) is 10.0 Å². The monoisotopic (exact) mass is 491 g/mol. The number of para-hydroxylation sites is 1. The first-order valence-corrected chi connectivity index (χ1v) is 12.1. The van der Waals surface area contributed by atoms with E-state index in [1.165, 1.54) is 11.8 Å². The second-order valence-corrected chi connectivity index (χ2v) is 9.45. The average Bonchev–Trinajstić information content (AvgIpc) is 2.78. The predicted octanol–water partition coefficient (Wildman–Crippen LogP) is 4.29. The van der Waals surface area contributed by atoms with Crippen LogP contribution < -0.4 is 5.56 Å². The highest BCUT2D eigenvalue weighted by molar-refractivity contribution is 7.99. The van der Waals surface area contributed by atoms with Gasteiger partial charge in [-0.3, -0.25) is 14.2 Å². The number of hydrogen-bond donors (Lipinski definition) is 0. The lowest BCUT2D eigenvalue weighted by Gasteiger charge is -2.31. The lowest BCUT2D eigenvalue weighted by atomic mass is 10.1. The number of amides is 1. The van der Waals surface area contributed by atoms with Crippen molar-refractivity contribution in [1.82, 2.24) is 14.5 Å². The van der Waals surface area contributed by atoms with Crippen LogP contribution in [-0.2, 0) is 22.5 Å². The van der Waals surface area contributed by atoms with Crippen molar-refractivity contribution in [3.63, 3.8) is 0 Å². The van der Waals surface area contributed by atoms with Gasteiger partial charge in [0.05, 0.1) is 29.4 Å². The van der Waals surface area contributed by atoms with Gasteiger partial charge in [0.25, 0.3) is 5.56 Å². The van der Waals surface area contributed by atoms with Crippen molar-refractivity contribution in [3.05, 3.63) is 68.4 Å². The van der Waals surface area contributed by atoms with Crippen molar-refractivity contribution >= 4 is 51.8 Å². The van der Waals surface area contributed by atoms with Gasteiger partial charge in [0, 0.05) is 29.7 Å². The van der Waals surface area contributed by atoms with Crippen LogP contribution in [0.1, 0.15) is 12.5 Å². The fourth-order valence-corrected chi connectivity index (χ4v) is 5.11. The molecule has 1 aliphatic rings. The standard InChI is InChI=1S/C23H23Cl2N3O3S/c1-15-13-27(10-11-31-15)21(29)14-32-23-26-20-5-3-2-4-18(20)22(30)28(23)9-8-16-6-7-17(24)12-19(16)25/h2-7,12,15H,8-11,13-14H2,1H3. The minimum absolute atomic E-state index is 0.0138. The molecule has 0 spiro atoms. The zero-order chi connectivity index (χ0) is 22.7. The van der Waals surface area contributed by atoms with E-state index in [9.17, 15) is 9.59 Å². The number of benzene rings is 2. The number of nitrogens with zero attached hydrogens (tertiary/aromatic N) is 3. The van der Waals surface area contributed by atoms with Gasteiger partial charge in [-0.25, -0.2) is 4.98 Å². The molecular formula is C23H23Cl2N3O3S. The Morgan fingerprint density at radius 2 is 2.06 bits per heavy atom. The minimum Gasteiger partial charge on any atom is -0.375 e. The number of aromatic nitrogens is 2. The summed E-state index contributed by atoms with van der Waals surface area (Å²) >= 11 is 13.6. The molecule has 0 saturated carbocycles. The fourth-order valence-electron chi connectivity index (χ4n) is 3.67. The van der Waals surface area contributed by atoms with Gasteiger partial charge in [0.15, 0.2) is 5.16 Å². The molecule has 1 saturated heterocycles. The Kier molecular flexibility index (Phi) is 7.40. The molecule has 1 fully saturated rings. The Hall–Kier alpha value is -2.06. The molecule has 0 N–H and O–H groups in total. The largest absolute Gasteiger partial charge is 0.375 e. The second kappa shape index (κ2) is 10.3. The van der Waals surface area contributed by atoms with E-state index in [1.54, 1.807) is 27.7 Å². The third-order valence-corrected chi connectivity index (χ3v) is 6.91. The van der Waals surface area contributed by atoms with Crippen LogP contribution >= 0.6 is 35.0 Å². The van der Waals surface area contributed by atoms with Crippen LogP contribution in [0.25, 0.3) is 10.9 Å². The van der Waals surface area contributed by atoms with E-state index in [4.69, 9.17) is 32.9 Å². The first kappa shape index (κ1) is 23.1. The van der Waals surface area contributed by atoms with Crippen molar-refractivity contribution in [2.24, 2.45) is 0 Å². The van der Waals surface area contributed by atoms with Gasteiger partial charge in [-0.05, 0) is 43.2 Å². The first-order chi connectivity index (χ1) is 15.4. The van der Waals surface area contributed by atoms with Crippen LogP contribution in [0, 0.1) is 0 Å². The average molecular weight is 492 g/mol. The van der Waals surface area contributed by atoms with E-state index in [1.807, 2.05) is 31.2 Å². The summed E-state index contributed by atoms with van der Waals surface area (Å²) in [6, 6.07) is 12.6. The zero-order valence-electron chi connectivity index (χ0n) is 17.6. The Bertz CT molecular complexity index is 1200. The van der Waals surface area contributed by atoms with Crippen LogP contribution in [0.5, 0.6) is 0 Å². The molecule has 9 heteroatoms. The van der Waals surface area contributed by atoms with Crippen molar-refractivity contribution < 1.29 is 9.53 Å². The number of thioether (sulfide) groups is 1. The van der Waals surface area contributed by atoms with Crippen molar-refractivity contribution in [2.75, 3.05) is 25.4 Å². The maximum atomic E-state index is 13.2. The fraction of sp³-hybridized carbons (Fsp3) is 0.348. The number of carbonyl (C=O) groups excluding carboxylic acids is 1. The Labute approximate surface area is 200 Å². The smallest absolute Gasteiger partial charge is 0.262 e. The summed E-state index contributed by atoms with van der Waals surface area (Å²) in [5, 5.41) is 2.20. The second-order valence-electron chi connectivity index (χ2n) is 7.66. The highest BCUT2D eigenvalue weighted by Gasteiger charge is 2.22. The maximum absolute atomic E-state index is 13.2. The molecule has 1 aliphatic heterocycles. The van der Waals surface area contributed by atoms with E-state index in [0.29, 0.717) is 58.8 Å². The molecule has 2 heterocycles. The van der Waals surface area contributed by atoms with Gasteiger partial charge >= 0.3 is 0 Å². The molecule has 168 valence electrons. The molecule has 6 nitrogen and oxygen atoms in total. The molecule has 4 rings (SSSR count). The summed E-state index contributed by atoms with van der Waals surface area (Å²) in [7, 11) is 0. The molecule has 1 unspecified atom stereocenters. The van der Waals surface area contributed by atoms with Crippen LogP contribution in [0.4, 0.5) is 0 Å². The van der Waals surface area contributed by atoms with E-state index in [-0.39, 0.29) is 23.3 Å². The van der Waals surface area contributed by atoms with Gasteiger partial charge < -0.3 is 9.64 Å². The summed E-state index contributed by atoms with van der Waals surface area (Å²) in [5.74, 6) is 0.221. The molecule has 0 bridgehead atoms. The molecule has 1 aromatic heterocycles. The van der Waals surface area contributed by atoms with Gasteiger partial charge in [-0.2, -0.15) is 0 Å². The summed E-state index contributed by atoms with van der Waals surface area (Å²) in [6.07, 6.45) is 0.567. The number of halogens is 2. The van der Waals surface area contributed by atoms with Gasteiger partial charge in [0.1, 0.15) is 0 Å². The number of aryl methyl sites for hydroxylation is 1. The molecule has 1 atom stereocenters. The van der Waals surface area contributed by atoms with Crippen molar-refractivity contribution in [2.45, 2.75) is 31.1 Å². The number of carbonyl (C=O) groups is 1. The zero-order valence-corrected chi connectivity index (χ0v) is 19.9. The van der Waals surface area contributed by atoms with Gasteiger partial charge in [0.2, 0.25) is 5.91 Å². The maximum Gasteiger partial charge on any atom is 0.262 e. The molecular weight excluding hydrogens is 469 g/mol. The highest BCUT2D eigenvalue weighted by atomic mass is 35.5. The first-order valence-electron chi connectivity index (χ1n) is 10.4. The summed E-state index contributed by atoms with van der Waals surface area (Å²) in [4.78, 5) is 32.5. The van der Waals surface area contributed by atoms with Crippen molar-refractivity contribution in [1.29, 1.82) is 0 Å². The third-order valence-electron chi connectivity index (χ3n) is 5.36. The third kappa shape index (κ3) is 5.29. The normalized spacial score (nSPS) is 16.5. The van der Waals surface area contributed by atoms with Crippen molar-refractivity contribution in [3.8, 4) is 0 Å². The number of morpholine rings is 1. The number of fused-ring (bicyclic) bond motifs is 1. The molecule has 1 amide bonds. The quantitative estimate of drug-likeness (QED) is 0.380. The van der Waals surface area contributed by atoms with Gasteiger partial charge in [-0.15, -0.1) is 0 Å². The Morgan fingerprint density at radius 1 is 1.25 bits per heavy atom. The molecule has 32 heavy (non-hydrogen) atoms. The Morgan fingerprint density at radius 3 is 2.84 bits per heavy atom. The molecule has 2 aromatic carbocycles.